The van der Waals surface area contributed by atoms with Crippen LogP contribution in [-0.4, -0.2) is 47.3 Å². The summed E-state index contributed by atoms with van der Waals surface area (Å²) in [5.41, 5.74) is 3.23. The summed E-state index contributed by atoms with van der Waals surface area (Å²) in [7, 11) is 3.25. The van der Waals surface area contributed by atoms with E-state index in [-0.39, 0.29) is 12.5 Å². The van der Waals surface area contributed by atoms with Crippen molar-refractivity contribution in [3.63, 3.8) is 0 Å². The largest absolute Gasteiger partial charge is 0.451 e. The van der Waals surface area contributed by atoms with Crippen LogP contribution in [0.25, 0.3) is 10.2 Å². The van der Waals surface area contributed by atoms with E-state index in [1.54, 1.807) is 20.2 Å². The fraction of sp³-hybridized carbons (Fsp3) is 0.316. The first kappa shape index (κ1) is 18.1. The highest BCUT2D eigenvalue weighted by Gasteiger charge is 2.18. The maximum atomic E-state index is 12.2. The fourth-order valence-electron chi connectivity index (χ4n) is 2.51. The predicted molar refractivity (Wildman–Crippen MR) is 102 cm³/mol. The van der Waals surface area contributed by atoms with Crippen LogP contribution in [0.4, 0.5) is 0 Å². The highest BCUT2D eigenvalue weighted by atomic mass is 32.1. The molecule has 136 valence electrons. The summed E-state index contributed by atoms with van der Waals surface area (Å²) in [4.78, 5) is 26.6. The monoisotopic (exact) mass is 371 g/mol. The molecule has 0 aliphatic heterocycles. The van der Waals surface area contributed by atoms with Crippen LogP contribution in [0.15, 0.2) is 30.3 Å². The Hall–Kier alpha value is -2.67. The Morgan fingerprint density at radius 3 is 2.54 bits per heavy atom. The number of esters is 1. The molecule has 3 rings (SSSR count). The smallest absolute Gasteiger partial charge is 0.348 e. The van der Waals surface area contributed by atoms with Crippen molar-refractivity contribution in [1.82, 2.24) is 14.7 Å². The van der Waals surface area contributed by atoms with Crippen molar-refractivity contribution < 1.29 is 14.3 Å². The van der Waals surface area contributed by atoms with Crippen molar-refractivity contribution in [2.75, 3.05) is 20.7 Å². The molecule has 0 aliphatic carbocycles. The van der Waals surface area contributed by atoms with Crippen LogP contribution in [0, 0.1) is 13.8 Å². The Labute approximate surface area is 156 Å². The Kier molecular flexibility index (Phi) is 5.08. The Balaban J connectivity index is 1.81. The average molecular weight is 371 g/mol. The lowest BCUT2D eigenvalue weighted by Crippen LogP contribution is -2.27. The topological polar surface area (TPSA) is 64.4 Å². The highest BCUT2D eigenvalue weighted by Crippen LogP contribution is 2.29. The molecule has 0 radical (unpaired) electrons. The molecular formula is C19H21N3O3S. The van der Waals surface area contributed by atoms with E-state index < -0.39 is 5.97 Å². The molecule has 1 aromatic carbocycles. The third-order valence-corrected chi connectivity index (χ3v) is 5.22. The van der Waals surface area contributed by atoms with Crippen LogP contribution >= 0.6 is 11.3 Å². The third-order valence-electron chi connectivity index (χ3n) is 4.09. The minimum absolute atomic E-state index is 0.249. The summed E-state index contributed by atoms with van der Waals surface area (Å²) in [6, 6.07) is 10.1. The van der Waals surface area contributed by atoms with E-state index >= 15 is 0 Å². The summed E-state index contributed by atoms with van der Waals surface area (Å²) >= 11 is 1.34. The molecule has 3 aromatic rings. The molecule has 0 saturated heterocycles. The van der Waals surface area contributed by atoms with Crippen molar-refractivity contribution in [3.05, 3.63) is 52.0 Å². The van der Waals surface area contributed by atoms with Gasteiger partial charge in [0.2, 0.25) is 0 Å². The first-order valence-corrected chi connectivity index (χ1v) is 9.06. The molecule has 2 heterocycles. The van der Waals surface area contributed by atoms with Gasteiger partial charge in [-0.25, -0.2) is 4.79 Å². The van der Waals surface area contributed by atoms with E-state index in [2.05, 4.69) is 36.3 Å². The number of amides is 1. The minimum atomic E-state index is -0.484. The Morgan fingerprint density at radius 1 is 1.19 bits per heavy atom. The second kappa shape index (κ2) is 7.29. The zero-order chi connectivity index (χ0) is 18.8. The van der Waals surface area contributed by atoms with Crippen molar-refractivity contribution in [3.8, 4) is 0 Å². The van der Waals surface area contributed by atoms with Gasteiger partial charge in [-0.3, -0.25) is 9.48 Å². The quantitative estimate of drug-likeness (QED) is 0.647. The molecule has 0 atom stereocenters. The summed E-state index contributed by atoms with van der Waals surface area (Å²) in [6.07, 6.45) is 0. The average Bonchev–Trinajstić information content (AvgIpc) is 3.16. The highest BCUT2D eigenvalue weighted by molar-refractivity contribution is 7.20. The number of aryl methyl sites for hydroxylation is 2. The first-order valence-electron chi connectivity index (χ1n) is 8.25. The molecule has 0 unspecified atom stereocenters. The number of hydrogen-bond donors (Lipinski definition) is 0. The number of fused-ring (bicyclic) bond motifs is 1. The SMILES string of the molecule is Cc1ccc(Cn2nc(C)c3cc(C(=O)OCC(=O)N(C)C)sc32)cc1. The summed E-state index contributed by atoms with van der Waals surface area (Å²) in [6.45, 7) is 4.36. The molecule has 0 spiro atoms. The number of hydrogen-bond acceptors (Lipinski definition) is 5. The van der Waals surface area contributed by atoms with Crippen molar-refractivity contribution in [1.29, 1.82) is 0 Å². The van der Waals surface area contributed by atoms with E-state index in [1.165, 1.54) is 21.8 Å². The van der Waals surface area contributed by atoms with E-state index in [4.69, 9.17) is 4.74 Å². The number of thiophene rings is 1. The summed E-state index contributed by atoms with van der Waals surface area (Å²) in [5, 5.41) is 5.52. The van der Waals surface area contributed by atoms with Gasteiger partial charge in [-0.1, -0.05) is 29.8 Å². The van der Waals surface area contributed by atoms with Crippen LogP contribution in [0.3, 0.4) is 0 Å². The second-order valence-electron chi connectivity index (χ2n) is 6.42. The standard InChI is InChI=1S/C19H21N3O3S/c1-12-5-7-14(8-6-12)10-22-18-15(13(2)20-22)9-16(26-18)19(24)25-11-17(23)21(3)4/h5-9H,10-11H2,1-4H3. The van der Waals surface area contributed by atoms with Gasteiger partial charge in [-0.15, -0.1) is 11.3 Å². The Bertz CT molecular complexity index is 954. The predicted octanol–water partition coefficient (Wildman–Crippen LogP) is 3.01. The number of carbonyl (C=O) groups is 2. The molecule has 0 N–H and O–H groups in total. The van der Waals surface area contributed by atoms with E-state index in [0.717, 1.165) is 21.5 Å². The molecule has 0 bridgehead atoms. The van der Waals surface area contributed by atoms with E-state index in [9.17, 15) is 9.59 Å². The maximum absolute atomic E-state index is 12.2. The maximum Gasteiger partial charge on any atom is 0.348 e. The third kappa shape index (κ3) is 3.77. The minimum Gasteiger partial charge on any atom is -0.451 e. The van der Waals surface area contributed by atoms with Gasteiger partial charge in [0, 0.05) is 19.5 Å². The lowest BCUT2D eigenvalue weighted by Gasteiger charge is -2.09. The number of likely N-dealkylation sites (N-methyl/N-ethyl adjacent to an activating group) is 1. The van der Waals surface area contributed by atoms with Crippen LogP contribution in [0.5, 0.6) is 0 Å². The van der Waals surface area contributed by atoms with Gasteiger partial charge in [0.25, 0.3) is 5.91 Å². The molecule has 26 heavy (non-hydrogen) atoms. The van der Waals surface area contributed by atoms with Crippen LogP contribution in [0.2, 0.25) is 0 Å². The molecule has 0 aliphatic rings. The second-order valence-corrected chi connectivity index (χ2v) is 7.45. The van der Waals surface area contributed by atoms with Crippen molar-refractivity contribution in [2.45, 2.75) is 20.4 Å². The lowest BCUT2D eigenvalue weighted by molar-refractivity contribution is -0.131. The van der Waals surface area contributed by atoms with Gasteiger partial charge < -0.3 is 9.64 Å². The zero-order valence-corrected chi connectivity index (χ0v) is 16.1. The number of ether oxygens (including phenoxy) is 1. The number of nitrogens with zero attached hydrogens (tertiary/aromatic N) is 3. The van der Waals surface area contributed by atoms with Gasteiger partial charge in [0.1, 0.15) is 9.71 Å². The molecule has 6 nitrogen and oxygen atoms in total. The summed E-state index contributed by atoms with van der Waals surface area (Å²) < 4.78 is 7.02. The fourth-order valence-corrected chi connectivity index (χ4v) is 3.57. The summed E-state index contributed by atoms with van der Waals surface area (Å²) in [5.74, 6) is -0.733. The van der Waals surface area contributed by atoms with Crippen LogP contribution in [-0.2, 0) is 16.1 Å². The van der Waals surface area contributed by atoms with Gasteiger partial charge in [0.15, 0.2) is 6.61 Å². The molecule has 0 saturated carbocycles. The van der Waals surface area contributed by atoms with E-state index in [0.29, 0.717) is 11.4 Å². The number of aromatic nitrogens is 2. The molecule has 1 amide bonds. The van der Waals surface area contributed by atoms with Crippen molar-refractivity contribution in [2.24, 2.45) is 0 Å². The van der Waals surface area contributed by atoms with Gasteiger partial charge >= 0.3 is 5.97 Å². The number of rotatable bonds is 5. The van der Waals surface area contributed by atoms with Crippen LogP contribution in [0.1, 0.15) is 26.5 Å². The normalized spacial score (nSPS) is 10.9. The van der Waals surface area contributed by atoms with Gasteiger partial charge in [-0.05, 0) is 25.5 Å². The molecule has 7 heteroatoms. The number of carbonyl (C=O) groups excluding carboxylic acids is 2. The molecule has 0 fully saturated rings. The van der Waals surface area contributed by atoms with Gasteiger partial charge in [0.05, 0.1) is 12.2 Å². The van der Waals surface area contributed by atoms with Gasteiger partial charge in [-0.2, -0.15) is 5.10 Å². The molecule has 2 aromatic heterocycles. The lowest BCUT2D eigenvalue weighted by atomic mass is 10.1. The first-order chi connectivity index (χ1) is 12.3. The molecular weight excluding hydrogens is 350 g/mol. The van der Waals surface area contributed by atoms with E-state index in [1.807, 2.05) is 11.6 Å². The zero-order valence-electron chi connectivity index (χ0n) is 15.3. The van der Waals surface area contributed by atoms with Crippen LogP contribution < -0.4 is 0 Å². The van der Waals surface area contributed by atoms with Crippen molar-refractivity contribution >= 4 is 33.4 Å². The number of benzene rings is 1. The Morgan fingerprint density at radius 2 is 1.88 bits per heavy atom.